The van der Waals surface area contributed by atoms with Gasteiger partial charge in [-0.1, -0.05) is 17.5 Å². The van der Waals surface area contributed by atoms with Gasteiger partial charge in [-0.15, -0.1) is 10.2 Å². The Balaban J connectivity index is 0.789. The number of nitriles is 1. The van der Waals surface area contributed by atoms with Crippen LogP contribution in [0.1, 0.15) is 121 Å². The number of ether oxygens (including phenoxy) is 2. The van der Waals surface area contributed by atoms with Crippen LogP contribution in [0.3, 0.4) is 0 Å². The number of halogens is 3. The Hall–Kier alpha value is -6.36. The van der Waals surface area contributed by atoms with Crippen molar-refractivity contribution in [3.8, 4) is 34.8 Å². The van der Waals surface area contributed by atoms with Crippen LogP contribution >= 0.6 is 11.6 Å². The number of rotatable bonds is 10. The fraction of sp³-hybridized carbons (Fsp3) is 0.449. The molecule has 5 heterocycles. The average Bonchev–Trinajstić information content (AvgIpc) is 3.94. The first-order valence-corrected chi connectivity index (χ1v) is 23.1. The van der Waals surface area contributed by atoms with Gasteiger partial charge in [0.25, 0.3) is 12.3 Å². The van der Waals surface area contributed by atoms with Gasteiger partial charge in [-0.3, -0.25) is 19.0 Å². The van der Waals surface area contributed by atoms with E-state index in [1.807, 2.05) is 17.0 Å². The van der Waals surface area contributed by atoms with Crippen LogP contribution in [0, 0.1) is 23.2 Å². The van der Waals surface area contributed by atoms with Gasteiger partial charge in [-0.2, -0.15) is 15.5 Å². The summed E-state index contributed by atoms with van der Waals surface area (Å²) >= 11 is 6.15. The van der Waals surface area contributed by atoms with E-state index < -0.39 is 6.43 Å². The molecule has 0 bridgehead atoms. The first kappa shape index (κ1) is 44.8. The zero-order valence-electron chi connectivity index (χ0n) is 37.0. The van der Waals surface area contributed by atoms with E-state index in [1.165, 1.54) is 0 Å². The summed E-state index contributed by atoms with van der Waals surface area (Å²) < 4.78 is 45.4. The van der Waals surface area contributed by atoms with Crippen LogP contribution in [0.15, 0.2) is 54.9 Å². The van der Waals surface area contributed by atoms with E-state index >= 15 is 0 Å². The van der Waals surface area contributed by atoms with Gasteiger partial charge in [0, 0.05) is 79.9 Å². The molecule has 4 aliphatic rings. The number of aromatic nitrogens is 6. The summed E-state index contributed by atoms with van der Waals surface area (Å²) in [5, 5.41) is 30.3. The molecule has 2 amide bonds. The monoisotopic (exact) mass is 916 g/mol. The molecule has 3 aromatic heterocycles. The van der Waals surface area contributed by atoms with E-state index in [4.69, 9.17) is 31.4 Å². The molecule has 2 aromatic carbocycles. The quantitative estimate of drug-likeness (QED) is 0.136. The van der Waals surface area contributed by atoms with E-state index in [9.17, 15) is 18.4 Å². The van der Waals surface area contributed by atoms with E-state index in [1.54, 1.807) is 67.4 Å². The van der Waals surface area contributed by atoms with Crippen LogP contribution in [0.4, 0.5) is 20.3 Å². The summed E-state index contributed by atoms with van der Waals surface area (Å²) in [5.74, 6) is 7.13. The molecule has 1 N–H and O–H groups in total. The van der Waals surface area contributed by atoms with Gasteiger partial charge >= 0.3 is 0 Å². The fourth-order valence-electron chi connectivity index (χ4n) is 9.77. The molecule has 0 radical (unpaired) electrons. The lowest BCUT2D eigenvalue weighted by Gasteiger charge is -2.33. The first-order valence-electron chi connectivity index (χ1n) is 22.7. The van der Waals surface area contributed by atoms with Gasteiger partial charge in [-0.25, -0.2) is 8.78 Å². The van der Waals surface area contributed by atoms with Gasteiger partial charge in [0.2, 0.25) is 5.91 Å². The second kappa shape index (κ2) is 19.6. The maximum absolute atomic E-state index is 14.7. The van der Waals surface area contributed by atoms with Crippen molar-refractivity contribution in [3.05, 3.63) is 99.2 Å². The van der Waals surface area contributed by atoms with Gasteiger partial charge < -0.3 is 24.6 Å². The van der Waals surface area contributed by atoms with Gasteiger partial charge in [0.1, 0.15) is 24.1 Å². The van der Waals surface area contributed by atoms with E-state index in [2.05, 4.69) is 42.0 Å². The molecule has 17 heteroatoms. The number of nitrogens with zero attached hydrogens (tertiary/aromatic N) is 9. The van der Waals surface area contributed by atoms with Crippen LogP contribution in [0.25, 0.3) is 11.1 Å². The predicted molar refractivity (Wildman–Crippen MR) is 242 cm³/mol. The molecule has 2 aliphatic heterocycles. The first-order chi connectivity index (χ1) is 32.0. The Morgan fingerprint density at radius 1 is 0.985 bits per heavy atom. The van der Waals surface area contributed by atoms with E-state index in [-0.39, 0.29) is 54.0 Å². The number of fused-ring (bicyclic) bond motifs is 2. The number of carbonyl (C=O) groups excluding carboxylic acids is 2. The number of anilines is 2. The Kier molecular flexibility index (Phi) is 13.3. The van der Waals surface area contributed by atoms with Crippen molar-refractivity contribution in [2.75, 3.05) is 24.6 Å². The highest BCUT2D eigenvalue weighted by Gasteiger charge is 2.35. The van der Waals surface area contributed by atoms with Gasteiger partial charge in [-0.05, 0) is 118 Å². The molecule has 5 aromatic rings. The maximum Gasteiger partial charge on any atom is 0.272 e. The minimum atomic E-state index is -2.67. The molecule has 342 valence electrons. The van der Waals surface area contributed by atoms with Crippen LogP contribution in [-0.2, 0) is 36.0 Å². The molecular formula is C49H51ClF2N10O4. The number of alkyl halides is 2. The number of aryl methyl sites for hydroxylation is 2. The number of benzene rings is 2. The summed E-state index contributed by atoms with van der Waals surface area (Å²) in [7, 11) is 1.78. The number of amides is 2. The number of hydrogen-bond donors (Lipinski definition) is 1. The lowest BCUT2D eigenvalue weighted by Crippen LogP contribution is -2.40. The molecule has 2 aliphatic carbocycles. The number of hydrogen-bond acceptors (Lipinski definition) is 10. The van der Waals surface area contributed by atoms with Gasteiger partial charge in [0.15, 0.2) is 11.5 Å². The third-order valence-electron chi connectivity index (χ3n) is 13.3. The van der Waals surface area contributed by atoms with Crippen molar-refractivity contribution in [3.63, 3.8) is 0 Å². The SMILES string of the molecule is CC(=O)N1CCc2c(c(N3CCCc4cc(-c5cnn(C)c5)c(C(F)F)cc43)nn2C2CCC(OCC#Cc3ccc(C(=O)NC4CCC(Oc5ccc(C#N)c(Cl)c5)CC4)nn3)CC2)C1. The fourth-order valence-corrected chi connectivity index (χ4v) is 9.99. The topological polar surface area (TPSA) is 156 Å². The zero-order chi connectivity index (χ0) is 45.9. The van der Waals surface area contributed by atoms with Crippen LogP contribution in [0.2, 0.25) is 5.02 Å². The molecule has 2 fully saturated rings. The molecule has 66 heavy (non-hydrogen) atoms. The molecule has 2 saturated carbocycles. The summed E-state index contributed by atoms with van der Waals surface area (Å²) in [6.07, 6.45) is 9.38. The minimum Gasteiger partial charge on any atom is -0.490 e. The second-order valence-corrected chi connectivity index (χ2v) is 18.0. The average molecular weight is 917 g/mol. The molecule has 0 spiro atoms. The van der Waals surface area contributed by atoms with E-state index in [0.29, 0.717) is 59.2 Å². The summed E-state index contributed by atoms with van der Waals surface area (Å²) in [5.41, 5.74) is 6.02. The Morgan fingerprint density at radius 3 is 2.48 bits per heavy atom. The van der Waals surface area contributed by atoms with Gasteiger partial charge in [0.05, 0.1) is 41.6 Å². The lowest BCUT2D eigenvalue weighted by molar-refractivity contribution is -0.129. The lowest BCUT2D eigenvalue weighted by atomic mass is 9.92. The van der Waals surface area contributed by atoms with Crippen molar-refractivity contribution < 1.29 is 27.8 Å². The summed E-state index contributed by atoms with van der Waals surface area (Å²) in [6, 6.07) is 14.1. The Labute approximate surface area is 387 Å². The highest BCUT2D eigenvalue weighted by Crippen LogP contribution is 2.44. The molecule has 0 saturated heterocycles. The standard InChI is InChI=1S/C49H51ClF2N10O4/c1-30(63)60-21-19-45-42(29-60)48(61-20-3-5-31-23-40(33-27-54-59(2)28-33)41(47(51)52)25-46(31)61)58-62(45)36-11-16-37(17-12-36)65-22-4-6-35-10-18-44(57-56-35)49(64)55-34-8-14-38(15-9-34)66-39-13-7-32(26-53)43(50)24-39/h7,10,13,18,23-25,27-28,34,36-38,47H,3,5,8-9,11-12,14-17,19-22,29H2,1-2H3,(H,55,64). The minimum absolute atomic E-state index is 0.00161. The number of nitrogens with one attached hydrogen (secondary N) is 1. The van der Waals surface area contributed by atoms with Crippen molar-refractivity contribution in [2.45, 2.75) is 115 Å². The summed E-state index contributed by atoms with van der Waals surface area (Å²) in [4.78, 5) is 29.5. The second-order valence-electron chi connectivity index (χ2n) is 17.6. The van der Waals surface area contributed by atoms with E-state index in [0.717, 1.165) is 92.5 Å². The highest BCUT2D eigenvalue weighted by atomic mass is 35.5. The van der Waals surface area contributed by atoms with Crippen molar-refractivity contribution in [2.24, 2.45) is 7.05 Å². The largest absolute Gasteiger partial charge is 0.490 e. The zero-order valence-corrected chi connectivity index (χ0v) is 37.7. The smallest absolute Gasteiger partial charge is 0.272 e. The molecule has 9 rings (SSSR count). The summed E-state index contributed by atoms with van der Waals surface area (Å²) in [6.45, 7) is 3.47. The molecule has 14 nitrogen and oxygen atoms in total. The van der Waals surface area contributed by atoms with Crippen molar-refractivity contribution in [1.82, 2.24) is 40.0 Å². The number of carbonyl (C=O) groups is 2. The van der Waals surface area contributed by atoms with Crippen LogP contribution in [0.5, 0.6) is 5.75 Å². The highest BCUT2D eigenvalue weighted by molar-refractivity contribution is 6.31. The van der Waals surface area contributed by atoms with Crippen LogP contribution in [-0.4, -0.2) is 84.4 Å². The third-order valence-corrected chi connectivity index (χ3v) is 13.6. The van der Waals surface area contributed by atoms with Crippen molar-refractivity contribution in [1.29, 1.82) is 5.26 Å². The third kappa shape index (κ3) is 9.76. The molecule has 0 unspecified atom stereocenters. The van der Waals surface area contributed by atoms with Crippen LogP contribution < -0.4 is 15.0 Å². The van der Waals surface area contributed by atoms with Crippen molar-refractivity contribution >= 4 is 34.9 Å². The molecule has 0 atom stereocenters. The normalized spacial score (nSPS) is 20.4. The Morgan fingerprint density at radius 2 is 1.79 bits per heavy atom. The Bertz CT molecular complexity index is 2710. The molecular weight excluding hydrogens is 866 g/mol. The predicted octanol–water partition coefficient (Wildman–Crippen LogP) is 8.20. The maximum atomic E-state index is 14.7.